The van der Waals surface area contributed by atoms with Crippen molar-refractivity contribution in [3.8, 4) is 0 Å². The molecular formula is C29H34N2O5S. The molecule has 0 aliphatic heterocycles. The van der Waals surface area contributed by atoms with E-state index in [-0.39, 0.29) is 13.1 Å². The number of nitrogens with zero attached hydrogens (tertiary/aromatic N) is 2. The summed E-state index contributed by atoms with van der Waals surface area (Å²) in [5.41, 5.74) is 0.733. The smallest absolute Gasteiger partial charge is 0.408 e. The summed E-state index contributed by atoms with van der Waals surface area (Å²) in [6.45, 7) is 3.65. The third-order valence-corrected chi connectivity index (χ3v) is 8.03. The zero-order valence-electron chi connectivity index (χ0n) is 21.1. The van der Waals surface area contributed by atoms with Crippen LogP contribution in [0, 0.1) is 0 Å². The van der Waals surface area contributed by atoms with Crippen LogP contribution in [0.4, 0.5) is 9.59 Å². The minimum absolute atomic E-state index is 0.0518. The van der Waals surface area contributed by atoms with E-state index in [4.69, 9.17) is 0 Å². The molecule has 0 spiro atoms. The highest BCUT2D eigenvalue weighted by Crippen LogP contribution is 2.37. The summed E-state index contributed by atoms with van der Waals surface area (Å²) in [6, 6.07) is 27.8. The van der Waals surface area contributed by atoms with E-state index in [0.29, 0.717) is 12.8 Å². The predicted molar refractivity (Wildman–Crippen MR) is 146 cm³/mol. The van der Waals surface area contributed by atoms with E-state index < -0.39 is 29.2 Å². The maximum atomic E-state index is 12.6. The van der Waals surface area contributed by atoms with E-state index in [9.17, 15) is 24.9 Å². The monoisotopic (exact) mass is 522 g/mol. The Balaban J connectivity index is 2.00. The Kier molecular flexibility index (Phi) is 10.00. The molecule has 37 heavy (non-hydrogen) atoms. The molecule has 8 heteroatoms. The van der Waals surface area contributed by atoms with Crippen LogP contribution in [0.3, 0.4) is 0 Å². The molecule has 2 unspecified atom stereocenters. The second kappa shape index (κ2) is 13.2. The number of aliphatic hydroxyl groups is 1. The number of carbonyl (C=O) groups is 2. The summed E-state index contributed by atoms with van der Waals surface area (Å²) < 4.78 is 0. The maximum absolute atomic E-state index is 12.6. The van der Waals surface area contributed by atoms with Gasteiger partial charge in [0.1, 0.15) is 11.5 Å². The minimum atomic E-state index is -1.30. The highest BCUT2D eigenvalue weighted by Gasteiger charge is 2.42. The molecule has 0 saturated carbocycles. The van der Waals surface area contributed by atoms with Gasteiger partial charge in [0.15, 0.2) is 0 Å². The normalized spacial score (nSPS) is 12.9. The van der Waals surface area contributed by atoms with Crippen molar-refractivity contribution < 1.29 is 24.9 Å². The zero-order chi connectivity index (χ0) is 26.8. The van der Waals surface area contributed by atoms with Crippen LogP contribution in [-0.2, 0) is 12.1 Å². The van der Waals surface area contributed by atoms with Gasteiger partial charge in [-0.15, -0.1) is 0 Å². The lowest BCUT2D eigenvalue weighted by molar-refractivity contribution is 0.0109. The summed E-state index contributed by atoms with van der Waals surface area (Å²) in [5, 5.41) is 31.1. The summed E-state index contributed by atoms with van der Waals surface area (Å²) >= 11 is 1.20. The fourth-order valence-corrected chi connectivity index (χ4v) is 5.82. The fraction of sp³-hybridized carbons (Fsp3) is 0.310. The number of amides is 2. The Morgan fingerprint density at radius 2 is 1.32 bits per heavy atom. The maximum Gasteiger partial charge on any atom is 0.408 e. The number of hydrogen-bond acceptors (Lipinski definition) is 4. The molecule has 2 atom stereocenters. The Labute approximate surface area is 222 Å². The first-order valence-corrected chi connectivity index (χ1v) is 13.2. The van der Waals surface area contributed by atoms with E-state index in [1.807, 2.05) is 105 Å². The molecule has 2 amide bonds. The van der Waals surface area contributed by atoms with E-state index >= 15 is 0 Å². The van der Waals surface area contributed by atoms with Crippen LogP contribution >= 0.6 is 11.8 Å². The van der Waals surface area contributed by atoms with Crippen LogP contribution < -0.4 is 0 Å². The lowest BCUT2D eigenvalue weighted by Gasteiger charge is -2.44. The molecular weight excluding hydrogens is 488 g/mol. The summed E-state index contributed by atoms with van der Waals surface area (Å²) in [6.07, 6.45) is -2.67. The molecule has 0 fully saturated rings. The molecule has 7 nitrogen and oxygen atoms in total. The fourth-order valence-electron chi connectivity index (χ4n) is 4.69. The van der Waals surface area contributed by atoms with Crippen molar-refractivity contribution in [2.45, 2.75) is 55.1 Å². The SMILES string of the molecule is CCC(CC)(c1ccccc1)N(CC(O)C(Sc1ccccc1)N(Cc1ccccc1)C(=O)O)C(=O)O. The highest BCUT2D eigenvalue weighted by atomic mass is 32.2. The molecule has 0 aromatic heterocycles. The molecule has 0 bridgehead atoms. The Morgan fingerprint density at radius 3 is 1.81 bits per heavy atom. The predicted octanol–water partition coefficient (Wildman–Crippen LogP) is 6.34. The summed E-state index contributed by atoms with van der Waals surface area (Å²) in [7, 11) is 0. The van der Waals surface area contributed by atoms with Crippen LogP contribution in [0.1, 0.15) is 37.8 Å². The van der Waals surface area contributed by atoms with Crippen LogP contribution in [0.25, 0.3) is 0 Å². The number of rotatable bonds is 12. The van der Waals surface area contributed by atoms with E-state index in [1.165, 1.54) is 21.6 Å². The third kappa shape index (κ3) is 6.84. The average molecular weight is 523 g/mol. The van der Waals surface area contributed by atoms with E-state index in [0.717, 1.165) is 16.0 Å². The van der Waals surface area contributed by atoms with Crippen molar-refractivity contribution in [3.05, 3.63) is 102 Å². The van der Waals surface area contributed by atoms with Gasteiger partial charge in [0.05, 0.1) is 18.6 Å². The number of aliphatic hydroxyl groups excluding tert-OH is 1. The van der Waals surface area contributed by atoms with Crippen molar-refractivity contribution >= 4 is 23.9 Å². The minimum Gasteiger partial charge on any atom is -0.465 e. The largest absolute Gasteiger partial charge is 0.465 e. The molecule has 0 heterocycles. The molecule has 0 radical (unpaired) electrons. The topological polar surface area (TPSA) is 101 Å². The lowest BCUT2D eigenvalue weighted by atomic mass is 9.83. The molecule has 3 rings (SSSR count). The number of carboxylic acid groups (broad SMARTS) is 2. The van der Waals surface area contributed by atoms with Gasteiger partial charge in [-0.1, -0.05) is 104 Å². The highest BCUT2D eigenvalue weighted by molar-refractivity contribution is 8.00. The molecule has 3 aromatic carbocycles. The number of hydrogen-bond donors (Lipinski definition) is 3. The van der Waals surface area contributed by atoms with E-state index in [2.05, 4.69) is 0 Å². The molecule has 3 aromatic rings. The quantitative estimate of drug-likeness (QED) is 0.189. The summed E-state index contributed by atoms with van der Waals surface area (Å²) in [4.78, 5) is 28.3. The van der Waals surface area contributed by atoms with E-state index in [1.54, 1.807) is 0 Å². The van der Waals surface area contributed by atoms with Crippen LogP contribution in [0.5, 0.6) is 0 Å². The Morgan fingerprint density at radius 1 is 0.811 bits per heavy atom. The van der Waals surface area contributed by atoms with Gasteiger partial charge in [-0.3, -0.25) is 9.80 Å². The summed E-state index contributed by atoms with van der Waals surface area (Å²) in [5.74, 6) is 0. The molecule has 3 N–H and O–H groups in total. The lowest BCUT2D eigenvalue weighted by Crippen LogP contribution is -2.55. The third-order valence-electron chi connectivity index (χ3n) is 6.68. The number of benzene rings is 3. The second-order valence-corrected chi connectivity index (χ2v) is 9.97. The van der Waals surface area contributed by atoms with Gasteiger partial charge in [-0.05, 0) is 36.1 Å². The first-order chi connectivity index (χ1) is 17.8. The second-order valence-electron chi connectivity index (χ2n) is 8.78. The Hall–Kier alpha value is -3.49. The van der Waals surface area contributed by atoms with Crippen molar-refractivity contribution in [1.82, 2.24) is 9.80 Å². The molecule has 0 aliphatic carbocycles. The zero-order valence-corrected chi connectivity index (χ0v) is 21.9. The van der Waals surface area contributed by atoms with Crippen molar-refractivity contribution in [1.29, 1.82) is 0 Å². The van der Waals surface area contributed by atoms with Crippen LogP contribution in [0.2, 0.25) is 0 Å². The first kappa shape index (κ1) is 28.1. The van der Waals surface area contributed by atoms with Gasteiger partial charge in [0.2, 0.25) is 0 Å². The van der Waals surface area contributed by atoms with Crippen molar-refractivity contribution in [2.75, 3.05) is 6.54 Å². The number of thioether (sulfide) groups is 1. The van der Waals surface area contributed by atoms with Crippen LogP contribution in [0.15, 0.2) is 95.9 Å². The van der Waals surface area contributed by atoms with Crippen molar-refractivity contribution in [3.63, 3.8) is 0 Å². The standard InChI is InChI=1S/C29H34N2O5S/c1-3-29(4-2,23-16-10-6-11-17-23)31(28(35)36)21-25(32)26(37-24-18-12-7-13-19-24)30(27(33)34)20-22-14-8-5-9-15-22/h5-19,25-26,32H,3-4,20-21H2,1-2H3,(H,33,34)(H,35,36). The van der Waals surface area contributed by atoms with Gasteiger partial charge in [-0.2, -0.15) is 0 Å². The van der Waals surface area contributed by atoms with Crippen LogP contribution in [-0.4, -0.2) is 55.3 Å². The van der Waals surface area contributed by atoms with Gasteiger partial charge in [-0.25, -0.2) is 9.59 Å². The molecule has 196 valence electrons. The molecule has 0 aliphatic rings. The van der Waals surface area contributed by atoms with Gasteiger partial charge in [0, 0.05) is 4.90 Å². The molecule has 0 saturated heterocycles. The van der Waals surface area contributed by atoms with Gasteiger partial charge >= 0.3 is 12.2 Å². The van der Waals surface area contributed by atoms with Gasteiger partial charge < -0.3 is 15.3 Å². The average Bonchev–Trinajstić information content (AvgIpc) is 2.92. The Bertz CT molecular complexity index is 1130. The first-order valence-electron chi connectivity index (χ1n) is 12.3. The van der Waals surface area contributed by atoms with Crippen molar-refractivity contribution in [2.24, 2.45) is 0 Å². The van der Waals surface area contributed by atoms with Gasteiger partial charge in [0.25, 0.3) is 0 Å².